The maximum absolute atomic E-state index is 11.8. The van der Waals surface area contributed by atoms with Crippen LogP contribution in [0.1, 0.15) is 59.8 Å². The fourth-order valence-corrected chi connectivity index (χ4v) is 2.19. The first-order chi connectivity index (χ1) is 8.88. The number of nitrogens with two attached hydrogens (primary N) is 1. The molecule has 0 aliphatic rings. The van der Waals surface area contributed by atoms with E-state index in [0.29, 0.717) is 44.2 Å². The Kier molecular flexibility index (Phi) is 9.02. The van der Waals surface area contributed by atoms with E-state index in [2.05, 4.69) is 19.2 Å². The largest absolute Gasteiger partial charge is 0.388 e. The molecular formula is C15H32N2O2. The number of hydrogen-bond acceptors (Lipinski definition) is 3. The number of nitrogens with one attached hydrogen (secondary N) is 1. The number of aliphatic hydroxyl groups is 1. The van der Waals surface area contributed by atoms with Crippen molar-refractivity contribution in [3.8, 4) is 0 Å². The molecule has 1 amide bonds. The summed E-state index contributed by atoms with van der Waals surface area (Å²) >= 11 is 0. The summed E-state index contributed by atoms with van der Waals surface area (Å²) in [4.78, 5) is 11.8. The number of hydrogen-bond donors (Lipinski definition) is 3. The SMILES string of the molecule is CCC(O)(CC)CNC(=O)CCC(CCN)C(C)C. The summed E-state index contributed by atoms with van der Waals surface area (Å²) in [5, 5.41) is 12.9. The molecule has 0 bridgehead atoms. The monoisotopic (exact) mass is 272 g/mol. The first kappa shape index (κ1) is 18.4. The predicted octanol–water partition coefficient (Wildman–Crippen LogP) is 2.05. The molecule has 4 nitrogen and oxygen atoms in total. The van der Waals surface area contributed by atoms with Crippen molar-refractivity contribution in [2.75, 3.05) is 13.1 Å². The van der Waals surface area contributed by atoms with Gasteiger partial charge in [0.1, 0.15) is 0 Å². The fraction of sp³-hybridized carbons (Fsp3) is 0.933. The van der Waals surface area contributed by atoms with Gasteiger partial charge in [-0.15, -0.1) is 0 Å². The summed E-state index contributed by atoms with van der Waals surface area (Å²) in [6.07, 6.45) is 3.68. The van der Waals surface area contributed by atoms with Crippen LogP contribution < -0.4 is 11.1 Å². The molecule has 0 heterocycles. The molecule has 0 saturated carbocycles. The minimum absolute atomic E-state index is 0.0306. The van der Waals surface area contributed by atoms with E-state index in [1.54, 1.807) is 0 Å². The molecule has 0 spiro atoms. The van der Waals surface area contributed by atoms with Gasteiger partial charge in [-0.25, -0.2) is 0 Å². The Hall–Kier alpha value is -0.610. The highest BCUT2D eigenvalue weighted by atomic mass is 16.3. The van der Waals surface area contributed by atoms with Crippen molar-refractivity contribution in [3.63, 3.8) is 0 Å². The van der Waals surface area contributed by atoms with E-state index in [1.165, 1.54) is 0 Å². The lowest BCUT2D eigenvalue weighted by molar-refractivity contribution is -0.122. The van der Waals surface area contributed by atoms with Crippen LogP contribution in [0.25, 0.3) is 0 Å². The second kappa shape index (κ2) is 9.32. The van der Waals surface area contributed by atoms with E-state index in [1.807, 2.05) is 13.8 Å². The summed E-state index contributed by atoms with van der Waals surface area (Å²) in [5.41, 5.74) is 4.83. The van der Waals surface area contributed by atoms with Gasteiger partial charge in [-0.2, -0.15) is 0 Å². The molecule has 114 valence electrons. The molecule has 0 radical (unpaired) electrons. The zero-order valence-corrected chi connectivity index (χ0v) is 13.0. The average molecular weight is 272 g/mol. The van der Waals surface area contributed by atoms with Gasteiger partial charge in [-0.1, -0.05) is 27.7 Å². The van der Waals surface area contributed by atoms with Crippen molar-refractivity contribution in [1.29, 1.82) is 0 Å². The highest BCUT2D eigenvalue weighted by Gasteiger charge is 2.23. The highest BCUT2D eigenvalue weighted by molar-refractivity contribution is 5.75. The second-order valence-electron chi connectivity index (χ2n) is 5.83. The van der Waals surface area contributed by atoms with Gasteiger partial charge in [0.25, 0.3) is 0 Å². The van der Waals surface area contributed by atoms with Crippen LogP contribution in [0.5, 0.6) is 0 Å². The van der Waals surface area contributed by atoms with Crippen LogP contribution in [-0.4, -0.2) is 29.7 Å². The van der Waals surface area contributed by atoms with Crippen LogP contribution in [0, 0.1) is 11.8 Å². The maximum atomic E-state index is 11.8. The maximum Gasteiger partial charge on any atom is 0.220 e. The first-order valence-corrected chi connectivity index (χ1v) is 7.57. The topological polar surface area (TPSA) is 75.3 Å². The molecule has 19 heavy (non-hydrogen) atoms. The van der Waals surface area contributed by atoms with Crippen LogP contribution in [-0.2, 0) is 4.79 Å². The van der Waals surface area contributed by atoms with E-state index in [4.69, 9.17) is 5.73 Å². The minimum atomic E-state index is -0.760. The lowest BCUT2D eigenvalue weighted by atomic mass is 9.88. The molecule has 1 unspecified atom stereocenters. The Bertz CT molecular complexity index is 251. The van der Waals surface area contributed by atoms with E-state index in [-0.39, 0.29) is 5.91 Å². The Balaban J connectivity index is 4.04. The van der Waals surface area contributed by atoms with E-state index < -0.39 is 5.60 Å². The molecule has 0 aromatic heterocycles. The summed E-state index contributed by atoms with van der Waals surface area (Å²) in [5.74, 6) is 1.09. The Morgan fingerprint density at radius 1 is 1.26 bits per heavy atom. The highest BCUT2D eigenvalue weighted by Crippen LogP contribution is 2.20. The van der Waals surface area contributed by atoms with Gasteiger partial charge in [0.15, 0.2) is 0 Å². The normalized spacial score (nSPS) is 13.6. The molecule has 4 N–H and O–H groups in total. The number of rotatable bonds is 10. The molecule has 0 aromatic rings. The average Bonchev–Trinajstić information content (AvgIpc) is 2.40. The zero-order valence-electron chi connectivity index (χ0n) is 13.0. The van der Waals surface area contributed by atoms with Crippen molar-refractivity contribution in [1.82, 2.24) is 5.32 Å². The van der Waals surface area contributed by atoms with Crippen molar-refractivity contribution in [2.24, 2.45) is 17.6 Å². The molecule has 1 atom stereocenters. The summed E-state index contributed by atoms with van der Waals surface area (Å²) in [6.45, 7) is 9.24. The van der Waals surface area contributed by atoms with Crippen molar-refractivity contribution in [2.45, 2.75) is 65.4 Å². The van der Waals surface area contributed by atoms with Crippen LogP contribution in [0.4, 0.5) is 0 Å². The van der Waals surface area contributed by atoms with Gasteiger partial charge in [-0.3, -0.25) is 4.79 Å². The molecule has 0 aliphatic heterocycles. The third kappa shape index (κ3) is 7.53. The first-order valence-electron chi connectivity index (χ1n) is 7.57. The summed E-state index contributed by atoms with van der Waals surface area (Å²) in [7, 11) is 0. The number of carbonyl (C=O) groups is 1. The Labute approximate surface area is 118 Å². The zero-order chi connectivity index (χ0) is 14.9. The van der Waals surface area contributed by atoms with Crippen molar-refractivity contribution in [3.05, 3.63) is 0 Å². The van der Waals surface area contributed by atoms with Gasteiger partial charge in [0.05, 0.1) is 5.60 Å². The molecule has 0 fully saturated rings. The number of amides is 1. The third-order valence-corrected chi connectivity index (χ3v) is 4.15. The van der Waals surface area contributed by atoms with Crippen LogP contribution in [0.15, 0.2) is 0 Å². The minimum Gasteiger partial charge on any atom is -0.388 e. The van der Waals surface area contributed by atoms with Gasteiger partial charge >= 0.3 is 0 Å². The van der Waals surface area contributed by atoms with Crippen LogP contribution in [0.3, 0.4) is 0 Å². The molecule has 0 rings (SSSR count). The Morgan fingerprint density at radius 2 is 1.84 bits per heavy atom. The summed E-state index contributed by atoms with van der Waals surface area (Å²) in [6, 6.07) is 0. The molecule has 0 aliphatic carbocycles. The van der Waals surface area contributed by atoms with E-state index >= 15 is 0 Å². The standard InChI is InChI=1S/C15H32N2O2/c1-5-15(19,6-2)11-17-14(18)8-7-13(9-10-16)12(3)4/h12-13,19H,5-11,16H2,1-4H3,(H,17,18). The fourth-order valence-electron chi connectivity index (χ4n) is 2.19. The van der Waals surface area contributed by atoms with Gasteiger partial charge in [-0.05, 0) is 44.1 Å². The summed E-state index contributed by atoms with van der Waals surface area (Å²) < 4.78 is 0. The molecular weight excluding hydrogens is 240 g/mol. The quantitative estimate of drug-likeness (QED) is 0.570. The van der Waals surface area contributed by atoms with Gasteiger partial charge < -0.3 is 16.2 Å². The Morgan fingerprint density at radius 3 is 2.26 bits per heavy atom. The van der Waals surface area contributed by atoms with Crippen molar-refractivity contribution >= 4 is 5.91 Å². The van der Waals surface area contributed by atoms with E-state index in [0.717, 1.165) is 12.8 Å². The number of carbonyl (C=O) groups excluding carboxylic acids is 1. The second-order valence-corrected chi connectivity index (χ2v) is 5.83. The molecule has 0 aromatic carbocycles. The lowest BCUT2D eigenvalue weighted by Gasteiger charge is -2.25. The van der Waals surface area contributed by atoms with Gasteiger partial charge in [0.2, 0.25) is 5.91 Å². The van der Waals surface area contributed by atoms with Crippen LogP contribution >= 0.6 is 0 Å². The third-order valence-electron chi connectivity index (χ3n) is 4.15. The van der Waals surface area contributed by atoms with Gasteiger partial charge in [0, 0.05) is 13.0 Å². The lowest BCUT2D eigenvalue weighted by Crippen LogP contribution is -2.42. The van der Waals surface area contributed by atoms with Crippen molar-refractivity contribution < 1.29 is 9.90 Å². The van der Waals surface area contributed by atoms with Crippen LogP contribution in [0.2, 0.25) is 0 Å². The molecule has 4 heteroatoms. The van der Waals surface area contributed by atoms with E-state index in [9.17, 15) is 9.90 Å². The smallest absolute Gasteiger partial charge is 0.220 e. The molecule has 0 saturated heterocycles. The predicted molar refractivity (Wildman–Crippen MR) is 79.8 cm³/mol.